The second-order valence-electron chi connectivity index (χ2n) is 5.64. The van der Waals surface area contributed by atoms with Crippen LogP contribution in [0.5, 0.6) is 0 Å². The van der Waals surface area contributed by atoms with E-state index >= 15 is 0 Å². The van der Waals surface area contributed by atoms with Gasteiger partial charge in [-0.25, -0.2) is 0 Å². The fourth-order valence-electron chi connectivity index (χ4n) is 2.27. The van der Waals surface area contributed by atoms with Crippen LogP contribution >= 0.6 is 0 Å². The molecule has 1 aromatic rings. The average molecular weight is 276 g/mol. The van der Waals surface area contributed by atoms with Gasteiger partial charge in [0.1, 0.15) is 0 Å². The van der Waals surface area contributed by atoms with Gasteiger partial charge < -0.3 is 15.4 Å². The maximum absolute atomic E-state index is 12.1. The molecule has 1 unspecified atom stereocenters. The molecule has 1 atom stereocenters. The fourth-order valence-corrected chi connectivity index (χ4v) is 2.27. The molecule has 0 aromatic heterocycles. The summed E-state index contributed by atoms with van der Waals surface area (Å²) < 4.78 is 5.36. The van der Waals surface area contributed by atoms with Gasteiger partial charge in [-0.2, -0.15) is 0 Å². The second kappa shape index (κ2) is 7.41. The third-order valence-corrected chi connectivity index (χ3v) is 3.44. The molecule has 4 nitrogen and oxygen atoms in total. The number of benzene rings is 1. The summed E-state index contributed by atoms with van der Waals surface area (Å²) in [5, 5.41) is 6.37. The van der Waals surface area contributed by atoms with Gasteiger partial charge in [0.2, 0.25) is 5.91 Å². The molecule has 1 saturated heterocycles. The van der Waals surface area contributed by atoms with Crippen molar-refractivity contribution in [2.45, 2.75) is 39.3 Å². The number of carbonyl (C=O) groups excluding carboxylic acids is 1. The van der Waals surface area contributed by atoms with Crippen molar-refractivity contribution < 1.29 is 9.53 Å². The molecule has 1 heterocycles. The Balaban J connectivity index is 1.91. The van der Waals surface area contributed by atoms with Crippen molar-refractivity contribution in [1.29, 1.82) is 0 Å². The van der Waals surface area contributed by atoms with Crippen LogP contribution in [0.2, 0.25) is 0 Å². The Morgan fingerprint density at radius 2 is 2.30 bits per heavy atom. The highest BCUT2D eigenvalue weighted by Crippen LogP contribution is 2.17. The number of hydrogen-bond donors (Lipinski definition) is 2. The molecule has 1 aromatic carbocycles. The average Bonchev–Trinajstić information content (AvgIpc) is 2.46. The van der Waals surface area contributed by atoms with Crippen LogP contribution < -0.4 is 10.6 Å². The minimum absolute atomic E-state index is 0.0128. The van der Waals surface area contributed by atoms with Gasteiger partial charge in [0, 0.05) is 24.9 Å². The smallest absolute Gasteiger partial charge is 0.229 e. The first-order valence-corrected chi connectivity index (χ1v) is 7.36. The summed E-state index contributed by atoms with van der Waals surface area (Å²) in [5.74, 6) is 0.0554. The molecular weight excluding hydrogens is 252 g/mol. The van der Waals surface area contributed by atoms with E-state index < -0.39 is 0 Å². The van der Waals surface area contributed by atoms with E-state index in [-0.39, 0.29) is 11.8 Å². The van der Waals surface area contributed by atoms with E-state index in [0.29, 0.717) is 12.6 Å². The Morgan fingerprint density at radius 1 is 1.45 bits per heavy atom. The molecule has 0 spiro atoms. The molecule has 4 heteroatoms. The highest BCUT2D eigenvalue weighted by molar-refractivity contribution is 5.92. The standard InChI is InChI=1S/C16H24N2O2/c1-12(2)17-10-13-5-3-7-15(9-13)18-16(19)14-6-4-8-20-11-14/h3,5,7,9,12,14,17H,4,6,8,10-11H2,1-2H3,(H,18,19). The van der Waals surface area contributed by atoms with Crippen molar-refractivity contribution in [1.82, 2.24) is 5.32 Å². The van der Waals surface area contributed by atoms with Gasteiger partial charge in [0.05, 0.1) is 12.5 Å². The zero-order valence-corrected chi connectivity index (χ0v) is 12.3. The van der Waals surface area contributed by atoms with Gasteiger partial charge in [-0.15, -0.1) is 0 Å². The molecule has 0 radical (unpaired) electrons. The number of hydrogen-bond acceptors (Lipinski definition) is 3. The summed E-state index contributed by atoms with van der Waals surface area (Å²) in [5.41, 5.74) is 2.04. The van der Waals surface area contributed by atoms with Gasteiger partial charge in [-0.1, -0.05) is 26.0 Å². The number of amides is 1. The van der Waals surface area contributed by atoms with E-state index in [1.165, 1.54) is 5.56 Å². The summed E-state index contributed by atoms with van der Waals surface area (Å²) >= 11 is 0. The first-order chi connectivity index (χ1) is 9.65. The fraction of sp³-hybridized carbons (Fsp3) is 0.562. The molecule has 2 N–H and O–H groups in total. The van der Waals surface area contributed by atoms with Crippen molar-refractivity contribution >= 4 is 11.6 Å². The van der Waals surface area contributed by atoms with Crippen LogP contribution in [-0.2, 0) is 16.1 Å². The quantitative estimate of drug-likeness (QED) is 0.869. The van der Waals surface area contributed by atoms with E-state index in [2.05, 4.69) is 30.5 Å². The minimum atomic E-state index is -0.0128. The van der Waals surface area contributed by atoms with E-state index in [1.54, 1.807) is 0 Å². The highest BCUT2D eigenvalue weighted by atomic mass is 16.5. The van der Waals surface area contributed by atoms with Crippen LogP contribution in [0.15, 0.2) is 24.3 Å². The molecule has 20 heavy (non-hydrogen) atoms. The minimum Gasteiger partial charge on any atom is -0.381 e. The van der Waals surface area contributed by atoms with E-state index in [0.717, 1.165) is 31.7 Å². The van der Waals surface area contributed by atoms with E-state index in [1.807, 2.05) is 18.2 Å². The zero-order chi connectivity index (χ0) is 14.4. The molecule has 1 aliphatic heterocycles. The Labute approximate surface area is 120 Å². The third kappa shape index (κ3) is 4.62. The molecule has 2 rings (SSSR count). The SMILES string of the molecule is CC(C)NCc1cccc(NC(=O)C2CCCOC2)c1. The Bertz CT molecular complexity index is 440. The Morgan fingerprint density at radius 3 is 3.00 bits per heavy atom. The summed E-state index contributed by atoms with van der Waals surface area (Å²) in [6.07, 6.45) is 1.89. The topological polar surface area (TPSA) is 50.4 Å². The largest absolute Gasteiger partial charge is 0.381 e. The Hall–Kier alpha value is -1.39. The van der Waals surface area contributed by atoms with Crippen LogP contribution in [0.3, 0.4) is 0 Å². The number of carbonyl (C=O) groups is 1. The maximum Gasteiger partial charge on any atom is 0.229 e. The number of anilines is 1. The lowest BCUT2D eigenvalue weighted by molar-refractivity contribution is -0.123. The van der Waals surface area contributed by atoms with Crippen LogP contribution in [0.4, 0.5) is 5.69 Å². The van der Waals surface area contributed by atoms with Crippen LogP contribution in [0, 0.1) is 5.92 Å². The monoisotopic (exact) mass is 276 g/mol. The lowest BCUT2D eigenvalue weighted by Gasteiger charge is -2.21. The molecule has 1 fully saturated rings. The maximum atomic E-state index is 12.1. The predicted octanol–water partition coefficient (Wildman–Crippen LogP) is 2.55. The summed E-state index contributed by atoms with van der Waals surface area (Å²) in [4.78, 5) is 12.1. The first kappa shape index (κ1) is 15.0. The molecule has 0 saturated carbocycles. The van der Waals surface area contributed by atoms with Gasteiger partial charge in [-0.3, -0.25) is 4.79 Å². The van der Waals surface area contributed by atoms with Gasteiger partial charge in [-0.05, 0) is 30.5 Å². The number of nitrogens with one attached hydrogen (secondary N) is 2. The molecule has 0 bridgehead atoms. The van der Waals surface area contributed by atoms with Crippen molar-refractivity contribution in [2.75, 3.05) is 18.5 Å². The summed E-state index contributed by atoms with van der Waals surface area (Å²) in [6.45, 7) is 6.37. The van der Waals surface area contributed by atoms with Crippen LogP contribution in [0.25, 0.3) is 0 Å². The van der Waals surface area contributed by atoms with Crippen molar-refractivity contribution in [3.63, 3.8) is 0 Å². The van der Waals surface area contributed by atoms with Crippen molar-refractivity contribution in [3.05, 3.63) is 29.8 Å². The normalized spacial score (nSPS) is 19.1. The van der Waals surface area contributed by atoms with Gasteiger partial charge >= 0.3 is 0 Å². The molecule has 0 aliphatic carbocycles. The third-order valence-electron chi connectivity index (χ3n) is 3.44. The first-order valence-electron chi connectivity index (χ1n) is 7.36. The second-order valence-corrected chi connectivity index (χ2v) is 5.64. The van der Waals surface area contributed by atoms with Crippen molar-refractivity contribution in [3.8, 4) is 0 Å². The summed E-state index contributed by atoms with van der Waals surface area (Å²) in [6, 6.07) is 8.45. The highest BCUT2D eigenvalue weighted by Gasteiger charge is 2.21. The van der Waals surface area contributed by atoms with Crippen LogP contribution in [0.1, 0.15) is 32.3 Å². The van der Waals surface area contributed by atoms with E-state index in [9.17, 15) is 4.79 Å². The predicted molar refractivity (Wildman–Crippen MR) is 80.6 cm³/mol. The number of ether oxygens (including phenoxy) is 1. The van der Waals surface area contributed by atoms with E-state index in [4.69, 9.17) is 4.74 Å². The lowest BCUT2D eigenvalue weighted by atomic mass is 10.0. The van der Waals surface area contributed by atoms with Crippen LogP contribution in [-0.4, -0.2) is 25.2 Å². The lowest BCUT2D eigenvalue weighted by Crippen LogP contribution is -2.30. The van der Waals surface area contributed by atoms with Gasteiger partial charge in [0.25, 0.3) is 0 Å². The van der Waals surface area contributed by atoms with Gasteiger partial charge in [0.15, 0.2) is 0 Å². The number of rotatable bonds is 5. The zero-order valence-electron chi connectivity index (χ0n) is 12.3. The van der Waals surface area contributed by atoms with Crippen molar-refractivity contribution in [2.24, 2.45) is 5.92 Å². The molecule has 110 valence electrons. The molecule has 1 aliphatic rings. The summed E-state index contributed by atoms with van der Waals surface area (Å²) in [7, 11) is 0. The molecular formula is C16H24N2O2. The molecule has 1 amide bonds. The Kier molecular flexibility index (Phi) is 5.56.